The van der Waals surface area contributed by atoms with E-state index < -0.39 is 15.9 Å². The van der Waals surface area contributed by atoms with E-state index >= 15 is 0 Å². The molecule has 2 saturated carbocycles. The van der Waals surface area contributed by atoms with Crippen LogP contribution in [0.5, 0.6) is 0 Å². The number of rotatable bonds is 3. The topological polar surface area (TPSA) is 52.6 Å². The Labute approximate surface area is 103 Å². The van der Waals surface area contributed by atoms with Crippen LogP contribution in [-0.4, -0.2) is 26.1 Å². The van der Waals surface area contributed by atoms with Crippen molar-refractivity contribution in [2.24, 2.45) is 11.8 Å². The van der Waals surface area contributed by atoms with Gasteiger partial charge in [-0.3, -0.25) is 0 Å². The van der Waals surface area contributed by atoms with Gasteiger partial charge in [-0.25, -0.2) is 4.18 Å². The van der Waals surface area contributed by atoms with Gasteiger partial charge in [0.2, 0.25) is 0 Å². The summed E-state index contributed by atoms with van der Waals surface area (Å²) in [6.45, 7) is 2.13. The second kappa shape index (κ2) is 3.45. The van der Waals surface area contributed by atoms with E-state index in [4.69, 9.17) is 8.92 Å². The molecule has 0 radical (unpaired) electrons. The van der Waals surface area contributed by atoms with Crippen molar-refractivity contribution in [3.8, 4) is 0 Å². The molecule has 0 N–H and O–H groups in total. The summed E-state index contributed by atoms with van der Waals surface area (Å²) in [6, 6.07) is 0. The van der Waals surface area contributed by atoms with Crippen molar-refractivity contribution in [1.29, 1.82) is 0 Å². The highest BCUT2D eigenvalue weighted by atomic mass is 32.2. The first-order chi connectivity index (χ1) is 7.84. The van der Waals surface area contributed by atoms with Gasteiger partial charge in [0.1, 0.15) is 0 Å². The fourth-order valence-corrected chi connectivity index (χ4v) is 5.05. The minimum absolute atomic E-state index is 0.116. The van der Waals surface area contributed by atoms with Crippen molar-refractivity contribution in [1.82, 2.24) is 0 Å². The summed E-state index contributed by atoms with van der Waals surface area (Å²) in [6.07, 6.45) is 6.95. The van der Waals surface area contributed by atoms with Crippen LogP contribution in [0, 0.1) is 11.8 Å². The largest absolute Gasteiger partial charge is 0.342 e. The summed E-state index contributed by atoms with van der Waals surface area (Å²) in [5.41, 5.74) is -0.116. The molecular weight excluding hydrogens is 240 g/mol. The Hall–Kier alpha value is -0.130. The fraction of sp³-hybridized carbons (Fsp3) is 1.00. The number of hydrogen-bond donors (Lipinski definition) is 0. The minimum Gasteiger partial charge on any atom is -0.342 e. The standard InChI is InChI=1S/C12H20O4S/c1-3-11-5-9-4-10(6-11)8-12(7-9,15-11)16-17(2,13)14/h9-10H,3-8H2,1-2H3. The lowest BCUT2D eigenvalue weighted by molar-refractivity contribution is -0.342. The maximum Gasteiger partial charge on any atom is 0.267 e. The first-order valence-electron chi connectivity index (χ1n) is 6.44. The predicted molar refractivity (Wildman–Crippen MR) is 62.8 cm³/mol. The van der Waals surface area contributed by atoms with Crippen LogP contribution in [0.15, 0.2) is 0 Å². The van der Waals surface area contributed by atoms with Gasteiger partial charge in [-0.1, -0.05) is 6.92 Å². The quantitative estimate of drug-likeness (QED) is 0.729. The van der Waals surface area contributed by atoms with Gasteiger partial charge in [-0.2, -0.15) is 8.42 Å². The minimum atomic E-state index is -3.45. The van der Waals surface area contributed by atoms with E-state index in [-0.39, 0.29) is 5.60 Å². The van der Waals surface area contributed by atoms with Gasteiger partial charge in [0.15, 0.2) is 5.79 Å². The van der Waals surface area contributed by atoms with Crippen molar-refractivity contribution in [3.63, 3.8) is 0 Å². The van der Waals surface area contributed by atoms with Crippen LogP contribution in [-0.2, 0) is 19.0 Å². The molecule has 4 bridgehead atoms. The average Bonchev–Trinajstić information content (AvgIpc) is 2.11. The van der Waals surface area contributed by atoms with Crippen LogP contribution in [0.2, 0.25) is 0 Å². The van der Waals surface area contributed by atoms with E-state index in [0.29, 0.717) is 11.8 Å². The maximum atomic E-state index is 11.4. The van der Waals surface area contributed by atoms with Crippen molar-refractivity contribution < 1.29 is 17.3 Å². The van der Waals surface area contributed by atoms with Crippen LogP contribution in [0.1, 0.15) is 45.4 Å². The van der Waals surface area contributed by atoms with Gasteiger partial charge < -0.3 is 4.74 Å². The number of ether oxygens (including phenoxy) is 1. The van der Waals surface area contributed by atoms with Crippen LogP contribution in [0.4, 0.5) is 0 Å². The monoisotopic (exact) mass is 260 g/mol. The SMILES string of the molecule is CCC12CC3CC(C1)CC(OS(C)(=O)=O)(C3)O2. The molecule has 2 heterocycles. The molecule has 2 atom stereocenters. The predicted octanol–water partition coefficient (Wildman–Crippen LogP) is 2.05. The van der Waals surface area contributed by atoms with Gasteiger partial charge in [-0.15, -0.1) is 0 Å². The van der Waals surface area contributed by atoms with E-state index in [0.717, 1.165) is 38.4 Å². The van der Waals surface area contributed by atoms with Crippen LogP contribution in [0.25, 0.3) is 0 Å². The third-order valence-corrected chi connectivity index (χ3v) is 5.14. The maximum absolute atomic E-state index is 11.4. The fourth-order valence-electron chi connectivity index (χ4n) is 4.33. The van der Waals surface area contributed by atoms with Gasteiger partial charge in [0.05, 0.1) is 11.9 Å². The highest BCUT2D eigenvalue weighted by Crippen LogP contribution is 2.59. The number of hydrogen-bond acceptors (Lipinski definition) is 4. The summed E-state index contributed by atoms with van der Waals surface area (Å²) in [7, 11) is -3.45. The van der Waals surface area contributed by atoms with Gasteiger partial charge >= 0.3 is 0 Å². The Morgan fingerprint density at radius 1 is 1.24 bits per heavy atom. The molecule has 2 aliphatic carbocycles. The second-order valence-corrected chi connectivity index (χ2v) is 7.70. The molecule has 0 spiro atoms. The summed E-state index contributed by atoms with van der Waals surface area (Å²) in [4.78, 5) is 0. The zero-order valence-electron chi connectivity index (χ0n) is 10.4. The molecule has 2 aliphatic heterocycles. The van der Waals surface area contributed by atoms with E-state index in [1.54, 1.807) is 0 Å². The third-order valence-electron chi connectivity index (χ3n) is 4.54. The van der Waals surface area contributed by atoms with Crippen LogP contribution < -0.4 is 0 Å². The molecule has 0 aromatic heterocycles. The molecule has 17 heavy (non-hydrogen) atoms. The molecule has 4 aliphatic rings. The molecule has 4 rings (SSSR count). The van der Waals surface area contributed by atoms with Gasteiger partial charge in [-0.05, 0) is 37.5 Å². The van der Waals surface area contributed by atoms with Gasteiger partial charge in [0, 0.05) is 12.8 Å². The van der Waals surface area contributed by atoms with E-state index in [2.05, 4.69) is 6.92 Å². The smallest absolute Gasteiger partial charge is 0.267 e. The zero-order valence-corrected chi connectivity index (χ0v) is 11.3. The van der Waals surface area contributed by atoms with E-state index in [1.165, 1.54) is 6.42 Å². The molecule has 5 heteroatoms. The highest BCUT2D eigenvalue weighted by Gasteiger charge is 2.60. The molecule has 4 fully saturated rings. The Kier molecular flexibility index (Phi) is 2.42. The lowest BCUT2D eigenvalue weighted by Gasteiger charge is -2.60. The average molecular weight is 260 g/mol. The van der Waals surface area contributed by atoms with E-state index in [9.17, 15) is 8.42 Å². The third kappa shape index (κ3) is 2.02. The second-order valence-electron chi connectivity index (χ2n) is 6.12. The molecule has 2 saturated heterocycles. The Bertz CT molecular complexity index is 414. The van der Waals surface area contributed by atoms with Crippen molar-refractivity contribution in [2.45, 2.75) is 56.8 Å². The molecular formula is C12H20O4S. The first kappa shape index (κ1) is 11.9. The molecule has 0 aromatic rings. The summed E-state index contributed by atoms with van der Waals surface area (Å²) in [5.74, 6) is 0.323. The van der Waals surface area contributed by atoms with Crippen LogP contribution in [0.3, 0.4) is 0 Å². The Morgan fingerprint density at radius 2 is 1.82 bits per heavy atom. The summed E-state index contributed by atoms with van der Waals surface area (Å²) in [5, 5.41) is 0. The normalized spacial score (nSPS) is 48.6. The van der Waals surface area contributed by atoms with Crippen molar-refractivity contribution >= 4 is 10.1 Å². The Balaban J connectivity index is 1.92. The summed E-state index contributed by atoms with van der Waals surface area (Å²) >= 11 is 0. The highest BCUT2D eigenvalue weighted by molar-refractivity contribution is 7.86. The van der Waals surface area contributed by atoms with E-state index in [1.807, 2.05) is 0 Å². The first-order valence-corrected chi connectivity index (χ1v) is 8.26. The lowest BCUT2D eigenvalue weighted by Crippen LogP contribution is -2.62. The molecule has 4 nitrogen and oxygen atoms in total. The molecule has 0 amide bonds. The Morgan fingerprint density at radius 3 is 2.29 bits per heavy atom. The molecule has 2 unspecified atom stereocenters. The molecule has 98 valence electrons. The van der Waals surface area contributed by atoms with Crippen molar-refractivity contribution in [2.75, 3.05) is 6.26 Å². The molecule has 0 aromatic carbocycles. The van der Waals surface area contributed by atoms with Crippen molar-refractivity contribution in [3.05, 3.63) is 0 Å². The lowest BCUT2D eigenvalue weighted by atomic mass is 9.60. The zero-order chi connectivity index (χ0) is 12.3. The summed E-state index contributed by atoms with van der Waals surface area (Å²) < 4.78 is 34.2. The van der Waals surface area contributed by atoms with Crippen LogP contribution >= 0.6 is 0 Å². The van der Waals surface area contributed by atoms with Gasteiger partial charge in [0.25, 0.3) is 10.1 Å².